The third kappa shape index (κ3) is 3.62. The van der Waals surface area contributed by atoms with Crippen molar-refractivity contribution >= 4 is 22.8 Å². The first-order chi connectivity index (χ1) is 14.7. The molecule has 0 amide bonds. The molecule has 0 aliphatic carbocycles. The highest BCUT2D eigenvalue weighted by atomic mass is 32.2. The summed E-state index contributed by atoms with van der Waals surface area (Å²) in [7, 11) is 0. The van der Waals surface area contributed by atoms with E-state index in [4.69, 9.17) is 0 Å². The van der Waals surface area contributed by atoms with Crippen LogP contribution in [0.2, 0.25) is 0 Å². The van der Waals surface area contributed by atoms with E-state index in [1.807, 2.05) is 30.5 Å². The van der Waals surface area contributed by atoms with Crippen LogP contribution in [0, 0.1) is 12.7 Å². The summed E-state index contributed by atoms with van der Waals surface area (Å²) >= 11 is 1.62. The molecular formula is C24H19FN4S. The molecule has 0 aliphatic rings. The Balaban J connectivity index is 1.52. The minimum atomic E-state index is -0.250. The lowest BCUT2D eigenvalue weighted by molar-refractivity contribution is 0.628. The van der Waals surface area contributed by atoms with E-state index < -0.39 is 0 Å². The number of aryl methyl sites for hydroxylation is 1. The molecule has 0 aliphatic heterocycles. The summed E-state index contributed by atoms with van der Waals surface area (Å²) in [6.07, 6.45) is 1.84. The highest BCUT2D eigenvalue weighted by molar-refractivity contribution is 7.98. The minimum Gasteiger partial charge on any atom is -0.341 e. The smallest absolute Gasteiger partial charge is 0.173 e. The van der Waals surface area contributed by atoms with Crippen molar-refractivity contribution in [2.75, 3.05) is 0 Å². The van der Waals surface area contributed by atoms with E-state index in [0.717, 1.165) is 39.0 Å². The zero-order chi connectivity index (χ0) is 20.5. The fourth-order valence-electron chi connectivity index (χ4n) is 3.41. The van der Waals surface area contributed by atoms with Crippen molar-refractivity contribution in [3.05, 3.63) is 96.2 Å². The fourth-order valence-corrected chi connectivity index (χ4v) is 4.27. The van der Waals surface area contributed by atoms with Crippen LogP contribution >= 0.6 is 11.8 Å². The molecule has 4 nitrogen and oxygen atoms in total. The number of para-hydroxylation sites is 2. The number of hydrogen-bond acceptors (Lipinski definition) is 3. The van der Waals surface area contributed by atoms with Gasteiger partial charge in [-0.3, -0.25) is 4.57 Å². The molecule has 6 heteroatoms. The molecule has 5 aromatic rings. The van der Waals surface area contributed by atoms with Crippen LogP contribution < -0.4 is 0 Å². The Bertz CT molecular complexity index is 1270. The largest absolute Gasteiger partial charge is 0.341 e. The van der Waals surface area contributed by atoms with Crippen LogP contribution in [0.5, 0.6) is 0 Å². The molecule has 0 saturated carbocycles. The van der Waals surface area contributed by atoms with Gasteiger partial charge >= 0.3 is 0 Å². The molecule has 2 aromatic heterocycles. The van der Waals surface area contributed by atoms with Gasteiger partial charge in [-0.1, -0.05) is 41.6 Å². The first-order valence-electron chi connectivity index (χ1n) is 9.64. The molecule has 3 aromatic carbocycles. The lowest BCUT2D eigenvalue weighted by Gasteiger charge is -2.12. The van der Waals surface area contributed by atoms with Gasteiger partial charge in [0.1, 0.15) is 11.6 Å². The van der Waals surface area contributed by atoms with Crippen LogP contribution in [0.3, 0.4) is 0 Å². The lowest BCUT2D eigenvalue weighted by atomic mass is 10.1. The SMILES string of the molecule is Cc1ccc(-n2c(-c3ccc(F)cc3)cnc2SCc2nc3ccccc3[nH]2)cc1. The van der Waals surface area contributed by atoms with Crippen molar-refractivity contribution in [2.24, 2.45) is 0 Å². The molecule has 2 heterocycles. The van der Waals surface area contributed by atoms with Gasteiger partial charge in [0.05, 0.1) is 28.7 Å². The second-order valence-electron chi connectivity index (χ2n) is 7.09. The maximum atomic E-state index is 13.4. The third-order valence-electron chi connectivity index (χ3n) is 4.94. The van der Waals surface area contributed by atoms with Crippen molar-refractivity contribution < 1.29 is 4.39 Å². The summed E-state index contributed by atoms with van der Waals surface area (Å²) in [5.74, 6) is 1.32. The minimum absolute atomic E-state index is 0.250. The number of hydrogen-bond donors (Lipinski definition) is 1. The number of fused-ring (bicyclic) bond motifs is 1. The zero-order valence-corrected chi connectivity index (χ0v) is 17.2. The number of aromatic nitrogens is 4. The predicted octanol–water partition coefficient (Wildman–Crippen LogP) is 6.16. The Morgan fingerprint density at radius 3 is 2.50 bits per heavy atom. The topological polar surface area (TPSA) is 46.5 Å². The summed E-state index contributed by atoms with van der Waals surface area (Å²) < 4.78 is 15.5. The van der Waals surface area contributed by atoms with Gasteiger partial charge in [-0.2, -0.15) is 0 Å². The van der Waals surface area contributed by atoms with Gasteiger partial charge < -0.3 is 4.98 Å². The van der Waals surface area contributed by atoms with Gasteiger partial charge in [-0.15, -0.1) is 0 Å². The third-order valence-corrected chi connectivity index (χ3v) is 5.90. The number of imidazole rings is 2. The van der Waals surface area contributed by atoms with Gasteiger partial charge in [0.15, 0.2) is 5.16 Å². The standard InChI is InChI=1S/C24H19FN4S/c1-16-6-12-19(13-7-16)29-22(17-8-10-18(25)11-9-17)14-26-24(29)30-15-23-27-20-4-2-3-5-21(20)28-23/h2-14H,15H2,1H3,(H,27,28). The Morgan fingerprint density at radius 2 is 1.73 bits per heavy atom. The number of nitrogens with zero attached hydrogens (tertiary/aromatic N) is 3. The number of thioether (sulfide) groups is 1. The molecule has 30 heavy (non-hydrogen) atoms. The summed E-state index contributed by atoms with van der Waals surface area (Å²) in [6.45, 7) is 2.07. The van der Waals surface area contributed by atoms with Crippen molar-refractivity contribution in [3.8, 4) is 16.9 Å². The molecule has 0 radical (unpaired) electrons. The normalized spacial score (nSPS) is 11.3. The summed E-state index contributed by atoms with van der Waals surface area (Å²) in [5.41, 5.74) is 6.04. The van der Waals surface area contributed by atoms with Crippen LogP contribution in [-0.4, -0.2) is 19.5 Å². The maximum Gasteiger partial charge on any atom is 0.173 e. The Labute approximate surface area is 177 Å². The molecule has 0 atom stereocenters. The van der Waals surface area contributed by atoms with Gasteiger partial charge in [-0.05, 0) is 55.5 Å². The summed E-state index contributed by atoms with van der Waals surface area (Å²) in [5, 5.41) is 0.860. The molecule has 148 valence electrons. The zero-order valence-electron chi connectivity index (χ0n) is 16.3. The van der Waals surface area contributed by atoms with Gasteiger partial charge in [0.25, 0.3) is 0 Å². The maximum absolute atomic E-state index is 13.4. The second-order valence-corrected chi connectivity index (χ2v) is 8.04. The van der Waals surface area contributed by atoms with Crippen molar-refractivity contribution in [3.63, 3.8) is 0 Å². The quantitative estimate of drug-likeness (QED) is 0.351. The van der Waals surface area contributed by atoms with E-state index >= 15 is 0 Å². The fraction of sp³-hybridized carbons (Fsp3) is 0.0833. The molecule has 1 N–H and O–H groups in total. The number of H-pyrrole nitrogens is 1. The molecule has 0 saturated heterocycles. The summed E-state index contributed by atoms with van der Waals surface area (Å²) in [4.78, 5) is 12.7. The van der Waals surface area contributed by atoms with Crippen LogP contribution in [-0.2, 0) is 5.75 Å². The molecular weight excluding hydrogens is 395 g/mol. The highest BCUT2D eigenvalue weighted by Gasteiger charge is 2.15. The number of halogens is 1. The van der Waals surface area contributed by atoms with E-state index in [-0.39, 0.29) is 5.82 Å². The second kappa shape index (κ2) is 7.80. The molecule has 5 rings (SSSR count). The summed E-state index contributed by atoms with van der Waals surface area (Å²) in [6, 6.07) is 22.8. The van der Waals surface area contributed by atoms with Crippen LogP contribution in [0.25, 0.3) is 28.0 Å². The number of rotatable bonds is 5. The van der Waals surface area contributed by atoms with E-state index in [0.29, 0.717) is 5.75 Å². The molecule has 0 unspecified atom stereocenters. The Morgan fingerprint density at radius 1 is 0.967 bits per heavy atom. The van der Waals surface area contributed by atoms with E-state index in [1.165, 1.54) is 17.7 Å². The van der Waals surface area contributed by atoms with E-state index in [9.17, 15) is 4.39 Å². The van der Waals surface area contributed by atoms with Gasteiger partial charge in [0, 0.05) is 11.3 Å². The molecule has 0 bridgehead atoms. The Kier molecular flexibility index (Phi) is 4.85. The average molecular weight is 415 g/mol. The first-order valence-corrected chi connectivity index (χ1v) is 10.6. The average Bonchev–Trinajstić information content (AvgIpc) is 3.37. The predicted molar refractivity (Wildman–Crippen MR) is 119 cm³/mol. The van der Waals surface area contributed by atoms with Gasteiger partial charge in [-0.25, -0.2) is 14.4 Å². The van der Waals surface area contributed by atoms with Crippen LogP contribution in [0.15, 0.2) is 84.1 Å². The van der Waals surface area contributed by atoms with Crippen LogP contribution in [0.4, 0.5) is 4.39 Å². The molecule has 0 spiro atoms. The highest BCUT2D eigenvalue weighted by Crippen LogP contribution is 2.31. The van der Waals surface area contributed by atoms with Crippen LogP contribution in [0.1, 0.15) is 11.4 Å². The monoisotopic (exact) mass is 414 g/mol. The van der Waals surface area contributed by atoms with Crippen molar-refractivity contribution in [2.45, 2.75) is 17.8 Å². The van der Waals surface area contributed by atoms with Gasteiger partial charge in [0.2, 0.25) is 0 Å². The first kappa shape index (κ1) is 18.6. The van der Waals surface area contributed by atoms with E-state index in [1.54, 1.807) is 23.9 Å². The Hall–Kier alpha value is -3.38. The lowest BCUT2D eigenvalue weighted by Crippen LogP contribution is -2.00. The van der Waals surface area contributed by atoms with Crippen molar-refractivity contribution in [1.29, 1.82) is 0 Å². The number of aromatic amines is 1. The molecule has 0 fully saturated rings. The number of benzene rings is 3. The van der Waals surface area contributed by atoms with Crippen molar-refractivity contribution in [1.82, 2.24) is 19.5 Å². The number of nitrogens with one attached hydrogen (secondary N) is 1. The van der Waals surface area contributed by atoms with E-state index in [2.05, 4.69) is 50.7 Å².